The van der Waals surface area contributed by atoms with E-state index in [-0.39, 0.29) is 0 Å². The van der Waals surface area contributed by atoms with Crippen molar-refractivity contribution in [3.8, 4) is 55.6 Å². The lowest BCUT2D eigenvalue weighted by Gasteiger charge is -2.35. The molecule has 1 heteroatoms. The SMILES string of the molecule is c1ccc(-c2ccc(N(c3ccc(-c4ccccc4)cc3)c3ccc(-c4c5c(c6ccccc6c4-c4ccccc4)C(c4ccccc4)(c4ccccc4)c4ccccc4-5)cc3)cc2)cc1. The lowest BCUT2D eigenvalue weighted by molar-refractivity contribution is 0.775. The summed E-state index contributed by atoms with van der Waals surface area (Å²) in [4.78, 5) is 2.38. The van der Waals surface area contributed by atoms with Crippen molar-refractivity contribution in [1.29, 1.82) is 0 Å². The fourth-order valence-electron chi connectivity index (χ4n) is 10.7. The molecule has 0 unspecified atom stereocenters. The summed E-state index contributed by atoms with van der Waals surface area (Å²) in [5.74, 6) is 0. The molecule has 11 aromatic rings. The van der Waals surface area contributed by atoms with Crippen LogP contribution in [0.4, 0.5) is 17.1 Å². The van der Waals surface area contributed by atoms with Gasteiger partial charge in [0.1, 0.15) is 0 Å². The first-order valence-corrected chi connectivity index (χ1v) is 22.8. The Balaban J connectivity index is 1.10. The molecule has 0 spiro atoms. The summed E-state index contributed by atoms with van der Waals surface area (Å²) in [6.45, 7) is 0. The Bertz CT molecular complexity index is 3330. The van der Waals surface area contributed by atoms with Crippen LogP contribution in [0.15, 0.2) is 273 Å². The molecule has 0 atom stereocenters. The van der Waals surface area contributed by atoms with Crippen LogP contribution in [0.3, 0.4) is 0 Å². The maximum absolute atomic E-state index is 2.38. The largest absolute Gasteiger partial charge is 0.311 e. The number of rotatable bonds is 9. The molecule has 0 radical (unpaired) electrons. The molecule has 0 saturated carbocycles. The maximum Gasteiger partial charge on any atom is 0.0719 e. The van der Waals surface area contributed by atoms with Gasteiger partial charge in [-0.1, -0.05) is 237 Å². The van der Waals surface area contributed by atoms with Gasteiger partial charge in [-0.2, -0.15) is 0 Å². The van der Waals surface area contributed by atoms with Gasteiger partial charge in [-0.3, -0.25) is 0 Å². The van der Waals surface area contributed by atoms with Gasteiger partial charge in [-0.05, 0) is 125 Å². The number of benzene rings is 11. The smallest absolute Gasteiger partial charge is 0.0719 e. The Morgan fingerprint density at radius 3 is 1.08 bits per heavy atom. The topological polar surface area (TPSA) is 3.24 Å². The average molecular weight is 840 g/mol. The van der Waals surface area contributed by atoms with Gasteiger partial charge in [0.25, 0.3) is 0 Å². The van der Waals surface area contributed by atoms with Crippen LogP contribution in [0.2, 0.25) is 0 Å². The van der Waals surface area contributed by atoms with E-state index in [1.165, 1.54) is 88.7 Å². The van der Waals surface area contributed by atoms with E-state index in [4.69, 9.17) is 0 Å². The van der Waals surface area contributed by atoms with Crippen LogP contribution < -0.4 is 4.90 Å². The predicted octanol–water partition coefficient (Wildman–Crippen LogP) is 17.3. The van der Waals surface area contributed by atoms with Gasteiger partial charge in [-0.25, -0.2) is 0 Å². The molecule has 310 valence electrons. The van der Waals surface area contributed by atoms with Crippen LogP contribution in [-0.4, -0.2) is 0 Å². The van der Waals surface area contributed by atoms with E-state index in [0.717, 1.165) is 17.1 Å². The third kappa shape index (κ3) is 6.47. The molecule has 1 aliphatic carbocycles. The van der Waals surface area contributed by atoms with Crippen molar-refractivity contribution in [3.63, 3.8) is 0 Å². The van der Waals surface area contributed by atoms with E-state index in [9.17, 15) is 0 Å². The van der Waals surface area contributed by atoms with Gasteiger partial charge in [0.05, 0.1) is 5.41 Å². The summed E-state index contributed by atoms with van der Waals surface area (Å²) in [7, 11) is 0. The first-order chi connectivity index (χ1) is 32.8. The minimum Gasteiger partial charge on any atom is -0.311 e. The number of hydrogen-bond acceptors (Lipinski definition) is 1. The zero-order valence-corrected chi connectivity index (χ0v) is 36.4. The second-order valence-electron chi connectivity index (χ2n) is 17.1. The van der Waals surface area contributed by atoms with Crippen LogP contribution in [-0.2, 0) is 5.41 Å². The molecule has 1 nitrogen and oxygen atoms in total. The molecule has 0 amide bonds. The molecule has 0 N–H and O–H groups in total. The highest BCUT2D eigenvalue weighted by Crippen LogP contribution is 2.62. The van der Waals surface area contributed by atoms with Gasteiger partial charge < -0.3 is 4.90 Å². The van der Waals surface area contributed by atoms with Crippen molar-refractivity contribution in [3.05, 3.63) is 295 Å². The van der Waals surface area contributed by atoms with Gasteiger partial charge in [0.2, 0.25) is 0 Å². The number of nitrogens with zero attached hydrogens (tertiary/aromatic N) is 1. The van der Waals surface area contributed by atoms with Crippen molar-refractivity contribution in [2.75, 3.05) is 4.90 Å². The Labute approximate surface area is 387 Å². The van der Waals surface area contributed by atoms with Gasteiger partial charge in [0, 0.05) is 17.1 Å². The van der Waals surface area contributed by atoms with Gasteiger partial charge >= 0.3 is 0 Å². The summed E-state index contributed by atoms with van der Waals surface area (Å²) >= 11 is 0. The van der Waals surface area contributed by atoms with Crippen molar-refractivity contribution in [2.24, 2.45) is 0 Å². The summed E-state index contributed by atoms with van der Waals surface area (Å²) in [5, 5.41) is 2.50. The average Bonchev–Trinajstić information content (AvgIpc) is 3.72. The van der Waals surface area contributed by atoms with Crippen molar-refractivity contribution in [2.45, 2.75) is 5.41 Å². The number of anilines is 3. The maximum atomic E-state index is 2.38. The Hall–Kier alpha value is -8.52. The molecule has 0 aliphatic heterocycles. The van der Waals surface area contributed by atoms with E-state index < -0.39 is 5.41 Å². The van der Waals surface area contributed by atoms with E-state index in [1.807, 2.05) is 0 Å². The quantitative estimate of drug-likeness (QED) is 0.140. The lowest BCUT2D eigenvalue weighted by atomic mass is 9.66. The molecule has 0 fully saturated rings. The number of hydrogen-bond donors (Lipinski definition) is 0. The molecular weight excluding hydrogens is 795 g/mol. The van der Waals surface area contributed by atoms with Crippen LogP contribution in [0.25, 0.3) is 66.4 Å². The van der Waals surface area contributed by atoms with Crippen molar-refractivity contribution >= 4 is 27.8 Å². The minimum atomic E-state index is -0.563. The molecule has 1 aliphatic rings. The second-order valence-corrected chi connectivity index (χ2v) is 17.1. The Morgan fingerprint density at radius 1 is 0.242 bits per heavy atom. The Morgan fingerprint density at radius 2 is 0.591 bits per heavy atom. The molecule has 11 aromatic carbocycles. The highest BCUT2D eigenvalue weighted by Gasteiger charge is 2.48. The van der Waals surface area contributed by atoms with E-state index in [1.54, 1.807) is 0 Å². The third-order valence-electron chi connectivity index (χ3n) is 13.5. The lowest BCUT2D eigenvalue weighted by Crippen LogP contribution is -2.28. The molecule has 0 bridgehead atoms. The molecular formula is C65H45N. The normalized spacial score (nSPS) is 12.4. The fraction of sp³-hybridized carbons (Fsp3) is 0.0154. The first kappa shape index (κ1) is 39.1. The van der Waals surface area contributed by atoms with Crippen molar-refractivity contribution in [1.82, 2.24) is 0 Å². The predicted molar refractivity (Wildman–Crippen MR) is 278 cm³/mol. The fourth-order valence-corrected chi connectivity index (χ4v) is 10.7. The number of fused-ring (bicyclic) bond motifs is 5. The minimum absolute atomic E-state index is 0.563. The van der Waals surface area contributed by atoms with Crippen LogP contribution in [0.1, 0.15) is 22.3 Å². The summed E-state index contributed by atoms with van der Waals surface area (Å²) < 4.78 is 0. The third-order valence-corrected chi connectivity index (χ3v) is 13.5. The van der Waals surface area contributed by atoms with Crippen LogP contribution >= 0.6 is 0 Å². The summed E-state index contributed by atoms with van der Waals surface area (Å²) in [6, 6.07) is 100.0. The molecule has 66 heavy (non-hydrogen) atoms. The highest BCUT2D eigenvalue weighted by molar-refractivity contribution is 6.15. The van der Waals surface area contributed by atoms with Crippen LogP contribution in [0.5, 0.6) is 0 Å². The molecule has 0 heterocycles. The Kier molecular flexibility index (Phi) is 9.81. The molecule has 12 rings (SSSR count). The van der Waals surface area contributed by atoms with E-state index in [0.29, 0.717) is 0 Å². The molecule has 0 saturated heterocycles. The van der Waals surface area contributed by atoms with E-state index >= 15 is 0 Å². The zero-order chi connectivity index (χ0) is 43.9. The highest BCUT2D eigenvalue weighted by atomic mass is 15.1. The molecule has 0 aromatic heterocycles. The summed E-state index contributed by atoms with van der Waals surface area (Å²) in [5.41, 5.74) is 20.0. The van der Waals surface area contributed by atoms with Gasteiger partial charge in [-0.15, -0.1) is 0 Å². The first-order valence-electron chi connectivity index (χ1n) is 22.8. The van der Waals surface area contributed by atoms with Gasteiger partial charge in [0.15, 0.2) is 0 Å². The van der Waals surface area contributed by atoms with E-state index in [2.05, 4.69) is 278 Å². The monoisotopic (exact) mass is 839 g/mol. The standard InChI is InChI=1S/C65H45N/c1-6-20-46(21-7-1)48-34-40-54(41-35-48)66(55-42-36-49(37-43-55)47-22-8-2-9-23-47)56-44-38-51(39-45-56)62-61(50-24-10-3-11-25-50)57-30-16-17-31-58(57)64-63(62)59-32-18-19-33-60(59)65(64,52-26-12-4-13-27-52)53-28-14-5-15-29-53/h1-45H. The zero-order valence-electron chi connectivity index (χ0n) is 36.4. The summed E-state index contributed by atoms with van der Waals surface area (Å²) in [6.07, 6.45) is 0. The van der Waals surface area contributed by atoms with Crippen LogP contribution in [0, 0.1) is 0 Å². The van der Waals surface area contributed by atoms with Crippen molar-refractivity contribution < 1.29 is 0 Å². The second kappa shape index (κ2) is 16.6.